The highest BCUT2D eigenvalue weighted by Crippen LogP contribution is 2.30. The van der Waals surface area contributed by atoms with Crippen LogP contribution in [0.4, 0.5) is 0 Å². The number of halogens is 1. The van der Waals surface area contributed by atoms with Gasteiger partial charge in [0.2, 0.25) is 5.91 Å². The number of hydrogen-bond acceptors (Lipinski definition) is 4. The zero-order chi connectivity index (χ0) is 22.6. The van der Waals surface area contributed by atoms with E-state index in [1.165, 1.54) is 22.9 Å². The largest absolute Gasteiger partial charge is 0.339 e. The van der Waals surface area contributed by atoms with E-state index in [9.17, 15) is 4.79 Å². The van der Waals surface area contributed by atoms with Crippen LogP contribution >= 0.6 is 23.4 Å². The second-order valence-electron chi connectivity index (χ2n) is 8.13. The number of imidazole rings is 1. The summed E-state index contributed by atoms with van der Waals surface area (Å²) >= 11 is 7.60. The van der Waals surface area contributed by atoms with Gasteiger partial charge >= 0.3 is 0 Å². The van der Waals surface area contributed by atoms with Crippen molar-refractivity contribution in [3.8, 4) is 0 Å². The summed E-state index contributed by atoms with van der Waals surface area (Å²) in [5.41, 5.74) is 4.39. The summed E-state index contributed by atoms with van der Waals surface area (Å²) in [7, 11) is 0. The third-order valence-corrected chi connectivity index (χ3v) is 7.14. The highest BCUT2D eigenvalue weighted by Gasteiger charge is 2.28. The van der Waals surface area contributed by atoms with Crippen molar-refractivity contribution in [1.82, 2.24) is 19.8 Å². The van der Waals surface area contributed by atoms with Crippen LogP contribution in [0.1, 0.15) is 17.2 Å². The molecule has 1 aromatic heterocycles. The molecule has 33 heavy (non-hydrogen) atoms. The van der Waals surface area contributed by atoms with Crippen molar-refractivity contribution in [2.75, 3.05) is 31.9 Å². The van der Waals surface area contributed by atoms with Crippen molar-refractivity contribution in [2.24, 2.45) is 0 Å². The number of fused-ring (bicyclic) bond motifs is 1. The average molecular weight is 477 g/mol. The fourth-order valence-corrected chi connectivity index (χ4v) is 5.26. The van der Waals surface area contributed by atoms with Crippen molar-refractivity contribution in [2.45, 2.75) is 11.2 Å². The van der Waals surface area contributed by atoms with Gasteiger partial charge in [0.1, 0.15) is 0 Å². The summed E-state index contributed by atoms with van der Waals surface area (Å²) in [6.45, 7) is 3.08. The van der Waals surface area contributed by atoms with Crippen LogP contribution in [-0.2, 0) is 4.79 Å². The van der Waals surface area contributed by atoms with Crippen molar-refractivity contribution < 1.29 is 4.79 Å². The van der Waals surface area contributed by atoms with E-state index in [0.717, 1.165) is 47.4 Å². The lowest BCUT2D eigenvalue weighted by Gasteiger charge is -2.39. The first-order valence-corrected chi connectivity index (χ1v) is 12.4. The predicted octanol–water partition coefficient (Wildman–Crippen LogP) is 5.24. The first-order valence-electron chi connectivity index (χ1n) is 11.1. The molecule has 1 fully saturated rings. The summed E-state index contributed by atoms with van der Waals surface area (Å²) in [5.74, 6) is 0.543. The smallest absolute Gasteiger partial charge is 0.233 e. The van der Waals surface area contributed by atoms with Crippen molar-refractivity contribution in [1.29, 1.82) is 0 Å². The number of piperazine rings is 1. The van der Waals surface area contributed by atoms with E-state index in [2.05, 4.69) is 51.3 Å². The van der Waals surface area contributed by atoms with E-state index in [1.807, 2.05) is 47.4 Å². The Bertz CT molecular complexity index is 1190. The highest BCUT2D eigenvalue weighted by molar-refractivity contribution is 7.99. The number of hydrogen-bond donors (Lipinski definition) is 1. The van der Waals surface area contributed by atoms with E-state index in [0.29, 0.717) is 5.75 Å². The van der Waals surface area contributed by atoms with Crippen LogP contribution in [0.3, 0.4) is 0 Å². The zero-order valence-electron chi connectivity index (χ0n) is 18.2. The number of aromatic nitrogens is 2. The fourth-order valence-electron chi connectivity index (χ4n) is 4.34. The monoisotopic (exact) mass is 476 g/mol. The van der Waals surface area contributed by atoms with Crippen LogP contribution in [-0.4, -0.2) is 57.6 Å². The molecule has 1 aliphatic rings. The van der Waals surface area contributed by atoms with Crippen LogP contribution in [0.25, 0.3) is 11.0 Å². The molecule has 0 saturated carbocycles. The summed E-state index contributed by atoms with van der Waals surface area (Å²) < 4.78 is 0. The molecule has 4 aromatic rings. The van der Waals surface area contributed by atoms with Gasteiger partial charge in [-0.15, -0.1) is 0 Å². The van der Waals surface area contributed by atoms with Crippen LogP contribution in [0.2, 0.25) is 5.02 Å². The zero-order valence-corrected chi connectivity index (χ0v) is 19.7. The molecule has 1 unspecified atom stereocenters. The van der Waals surface area contributed by atoms with Crippen molar-refractivity contribution >= 4 is 40.3 Å². The first kappa shape index (κ1) is 22.0. The Hall–Kier alpha value is -2.80. The number of benzene rings is 3. The number of thioether (sulfide) groups is 1. The van der Waals surface area contributed by atoms with Crippen molar-refractivity contribution in [3.05, 3.63) is 95.0 Å². The predicted molar refractivity (Wildman–Crippen MR) is 135 cm³/mol. The van der Waals surface area contributed by atoms with Gasteiger partial charge in [0.05, 0.1) is 22.8 Å². The molecule has 2 heterocycles. The fraction of sp³-hybridized carbons (Fsp3) is 0.231. The molecule has 1 saturated heterocycles. The van der Waals surface area contributed by atoms with Gasteiger partial charge < -0.3 is 9.88 Å². The molecule has 1 aliphatic heterocycles. The number of nitrogens with zero attached hydrogens (tertiary/aromatic N) is 3. The van der Waals surface area contributed by atoms with Gasteiger partial charge in [-0.25, -0.2) is 4.98 Å². The molecule has 0 aliphatic carbocycles. The van der Waals surface area contributed by atoms with E-state index in [1.54, 1.807) is 0 Å². The summed E-state index contributed by atoms with van der Waals surface area (Å²) in [5, 5.41) is 1.53. The van der Waals surface area contributed by atoms with Gasteiger partial charge in [0, 0.05) is 31.2 Å². The van der Waals surface area contributed by atoms with E-state index in [-0.39, 0.29) is 11.9 Å². The summed E-state index contributed by atoms with van der Waals surface area (Å²) in [6.07, 6.45) is 0. The molecule has 0 radical (unpaired) electrons. The summed E-state index contributed by atoms with van der Waals surface area (Å²) in [6, 6.07) is 26.7. The van der Waals surface area contributed by atoms with Crippen molar-refractivity contribution in [3.63, 3.8) is 0 Å². The molecule has 0 bridgehead atoms. The van der Waals surface area contributed by atoms with E-state index >= 15 is 0 Å². The van der Waals surface area contributed by atoms with E-state index < -0.39 is 0 Å². The quantitative estimate of drug-likeness (QED) is 0.386. The molecule has 1 atom stereocenters. The van der Waals surface area contributed by atoms with Gasteiger partial charge in [-0.3, -0.25) is 9.69 Å². The lowest BCUT2D eigenvalue weighted by molar-refractivity contribution is -0.130. The molecular weight excluding hydrogens is 452 g/mol. The lowest BCUT2D eigenvalue weighted by Crippen LogP contribution is -2.50. The Morgan fingerprint density at radius 3 is 2.30 bits per heavy atom. The highest BCUT2D eigenvalue weighted by atomic mass is 35.5. The number of carbonyl (C=O) groups excluding carboxylic acids is 1. The number of H-pyrrole nitrogens is 1. The normalized spacial score (nSPS) is 15.6. The molecular formula is C26H25ClN4OS. The van der Waals surface area contributed by atoms with Gasteiger partial charge in [-0.05, 0) is 35.4 Å². The minimum Gasteiger partial charge on any atom is -0.339 e. The molecule has 0 spiro atoms. The topological polar surface area (TPSA) is 52.2 Å². The maximum Gasteiger partial charge on any atom is 0.233 e. The molecule has 1 amide bonds. The minimum absolute atomic E-state index is 0.144. The van der Waals surface area contributed by atoms with Gasteiger partial charge in [0.15, 0.2) is 5.16 Å². The Balaban J connectivity index is 1.22. The van der Waals surface area contributed by atoms with Gasteiger partial charge in [0.25, 0.3) is 0 Å². The second-order valence-corrected chi connectivity index (χ2v) is 9.53. The molecule has 168 valence electrons. The molecule has 7 heteroatoms. The van der Waals surface area contributed by atoms with Gasteiger partial charge in [-0.1, -0.05) is 78.0 Å². The van der Waals surface area contributed by atoms with Crippen LogP contribution in [0.5, 0.6) is 0 Å². The number of rotatable bonds is 6. The minimum atomic E-state index is 0.144. The number of carbonyl (C=O) groups is 1. The first-order chi connectivity index (χ1) is 16.2. The lowest BCUT2D eigenvalue weighted by atomic mass is 9.96. The Morgan fingerprint density at radius 2 is 1.58 bits per heavy atom. The number of aromatic amines is 1. The third kappa shape index (κ3) is 5.08. The third-order valence-electron chi connectivity index (χ3n) is 6.03. The Labute approximate surface area is 202 Å². The van der Waals surface area contributed by atoms with Crippen LogP contribution in [0, 0.1) is 0 Å². The number of nitrogens with one attached hydrogen (secondary N) is 1. The molecule has 3 aromatic carbocycles. The van der Waals surface area contributed by atoms with Crippen LogP contribution in [0.15, 0.2) is 84.0 Å². The van der Waals surface area contributed by atoms with E-state index in [4.69, 9.17) is 11.6 Å². The number of amides is 1. The molecule has 5 nitrogen and oxygen atoms in total. The van der Waals surface area contributed by atoms with Gasteiger partial charge in [-0.2, -0.15) is 0 Å². The second kappa shape index (κ2) is 10.00. The summed E-state index contributed by atoms with van der Waals surface area (Å²) in [4.78, 5) is 25.1. The standard InChI is InChI=1S/C26H25ClN4OS/c27-21-12-10-20(11-13-21)25(19-6-2-1-3-7-19)31-16-14-30(15-17-31)24(32)18-33-26-28-22-8-4-5-9-23(22)29-26/h1-13,25H,14-18H2,(H,28,29). The van der Waals surface area contributed by atoms with Crippen LogP contribution < -0.4 is 0 Å². The molecule has 1 N–H and O–H groups in total. The SMILES string of the molecule is O=C(CSc1nc2ccccc2[nH]1)N1CCN(C(c2ccccc2)c2ccc(Cl)cc2)CC1. The Kier molecular flexibility index (Phi) is 6.67. The molecule has 5 rings (SSSR count). The Morgan fingerprint density at radius 1 is 0.909 bits per heavy atom. The average Bonchev–Trinajstić information content (AvgIpc) is 3.28. The maximum absolute atomic E-state index is 12.9. The maximum atomic E-state index is 12.9. The number of para-hydroxylation sites is 2.